The molecule has 9 heteroatoms. The average Bonchev–Trinajstić information content (AvgIpc) is 2.79. The summed E-state index contributed by atoms with van der Waals surface area (Å²) in [5.41, 5.74) is 1.41. The van der Waals surface area contributed by atoms with Crippen molar-refractivity contribution in [3.8, 4) is 0 Å². The van der Waals surface area contributed by atoms with E-state index in [0.29, 0.717) is 31.8 Å². The fourth-order valence-corrected chi connectivity index (χ4v) is 4.11. The van der Waals surface area contributed by atoms with Crippen molar-refractivity contribution in [2.75, 3.05) is 39.1 Å². The van der Waals surface area contributed by atoms with Crippen LogP contribution in [0.25, 0.3) is 0 Å². The second-order valence-electron chi connectivity index (χ2n) is 7.09. The van der Waals surface area contributed by atoms with Gasteiger partial charge in [-0.2, -0.15) is 0 Å². The lowest BCUT2D eigenvalue weighted by molar-refractivity contribution is -0.119. The number of amides is 1. The maximum atomic E-state index is 13.3. The zero-order valence-corrected chi connectivity index (χ0v) is 18.7. The van der Waals surface area contributed by atoms with E-state index in [1.54, 1.807) is 36.4 Å². The molecule has 31 heavy (non-hydrogen) atoms. The molecule has 2 aromatic rings. The second-order valence-corrected chi connectivity index (χ2v) is 8.54. The molecule has 3 rings (SSSR count). The predicted molar refractivity (Wildman–Crippen MR) is 118 cm³/mol. The summed E-state index contributed by atoms with van der Waals surface area (Å²) in [6, 6.07) is 11.6. The van der Waals surface area contributed by atoms with Gasteiger partial charge in [0.15, 0.2) is 0 Å². The van der Waals surface area contributed by atoms with Crippen LogP contribution in [-0.4, -0.2) is 62.0 Å². The van der Waals surface area contributed by atoms with Crippen LogP contribution >= 0.6 is 23.4 Å². The normalized spacial score (nSPS) is 16.7. The van der Waals surface area contributed by atoms with Gasteiger partial charge < -0.3 is 14.8 Å². The maximum Gasteiger partial charge on any atom is 0.337 e. The molecular weight excluding hydrogens is 443 g/mol. The minimum Gasteiger partial charge on any atom is -0.465 e. The number of nitrogens with zero attached hydrogens (tertiary/aromatic N) is 1. The van der Waals surface area contributed by atoms with Gasteiger partial charge in [-0.25, -0.2) is 9.18 Å². The molecule has 1 heterocycles. The van der Waals surface area contributed by atoms with Crippen molar-refractivity contribution in [3.05, 3.63) is 64.4 Å². The minimum absolute atomic E-state index is 0.0897. The molecule has 1 atom stereocenters. The number of methoxy groups -OCH3 is 1. The molecule has 0 aliphatic carbocycles. The molecule has 0 bridgehead atoms. The molecule has 2 aromatic carbocycles. The second kappa shape index (κ2) is 11.5. The Kier molecular flexibility index (Phi) is 8.71. The van der Waals surface area contributed by atoms with Crippen LogP contribution in [0.4, 0.5) is 4.39 Å². The fraction of sp³-hybridized carbons (Fsp3) is 0.364. The summed E-state index contributed by atoms with van der Waals surface area (Å²) in [6.07, 6.45) is -0.113. The third kappa shape index (κ3) is 7.21. The highest BCUT2D eigenvalue weighted by molar-refractivity contribution is 8.00. The van der Waals surface area contributed by atoms with Crippen molar-refractivity contribution in [2.45, 2.75) is 17.5 Å². The number of benzene rings is 2. The standard InChI is InChI=1S/C22H24ClFN2O4S/c1-29-22(28)16-3-5-18(6-4-16)31-14-21(27)25-11-17-13-26(8-9-30-17)12-15-2-7-20(24)19(23)10-15/h2-7,10,17H,8-9,11-14H2,1H3,(H,25,27). The largest absolute Gasteiger partial charge is 0.465 e. The molecule has 1 amide bonds. The Balaban J connectivity index is 1.40. The molecule has 1 unspecified atom stereocenters. The monoisotopic (exact) mass is 466 g/mol. The molecule has 1 N–H and O–H groups in total. The Morgan fingerprint density at radius 1 is 1.29 bits per heavy atom. The first kappa shape index (κ1) is 23.5. The van der Waals surface area contributed by atoms with E-state index in [4.69, 9.17) is 16.3 Å². The van der Waals surface area contributed by atoms with E-state index < -0.39 is 11.8 Å². The Morgan fingerprint density at radius 2 is 2.06 bits per heavy atom. The average molecular weight is 467 g/mol. The van der Waals surface area contributed by atoms with E-state index in [2.05, 4.69) is 15.0 Å². The summed E-state index contributed by atoms with van der Waals surface area (Å²) >= 11 is 7.25. The SMILES string of the molecule is COC(=O)c1ccc(SCC(=O)NCC2CN(Cc3ccc(F)c(Cl)c3)CCO2)cc1. The Labute approximate surface area is 190 Å². The van der Waals surface area contributed by atoms with Gasteiger partial charge in [-0.1, -0.05) is 17.7 Å². The Hall–Kier alpha value is -2.13. The number of esters is 1. The van der Waals surface area contributed by atoms with Crippen LogP contribution in [0.3, 0.4) is 0 Å². The van der Waals surface area contributed by atoms with E-state index in [0.717, 1.165) is 17.0 Å². The number of carbonyl (C=O) groups is 2. The number of morpholine rings is 1. The third-order valence-electron chi connectivity index (χ3n) is 4.79. The highest BCUT2D eigenvalue weighted by Crippen LogP contribution is 2.19. The van der Waals surface area contributed by atoms with Crippen LogP contribution in [0.15, 0.2) is 47.4 Å². The third-order valence-corrected chi connectivity index (χ3v) is 6.09. The highest BCUT2D eigenvalue weighted by Gasteiger charge is 2.21. The van der Waals surface area contributed by atoms with Crippen molar-refractivity contribution in [1.82, 2.24) is 10.2 Å². The number of halogens is 2. The first-order chi connectivity index (χ1) is 14.9. The number of carbonyl (C=O) groups excluding carboxylic acids is 2. The summed E-state index contributed by atoms with van der Waals surface area (Å²) in [6.45, 7) is 3.05. The number of hydrogen-bond acceptors (Lipinski definition) is 6. The summed E-state index contributed by atoms with van der Waals surface area (Å²) < 4.78 is 23.7. The van der Waals surface area contributed by atoms with Crippen molar-refractivity contribution >= 4 is 35.2 Å². The predicted octanol–water partition coefficient (Wildman–Crippen LogP) is 3.38. The summed E-state index contributed by atoms with van der Waals surface area (Å²) in [5.74, 6) is -0.640. The minimum atomic E-state index is -0.426. The van der Waals surface area contributed by atoms with Crippen LogP contribution < -0.4 is 5.32 Å². The van der Waals surface area contributed by atoms with Crippen LogP contribution in [0.5, 0.6) is 0 Å². The van der Waals surface area contributed by atoms with Gasteiger partial charge >= 0.3 is 5.97 Å². The topological polar surface area (TPSA) is 67.9 Å². The summed E-state index contributed by atoms with van der Waals surface area (Å²) in [7, 11) is 1.34. The zero-order valence-electron chi connectivity index (χ0n) is 17.1. The molecule has 166 valence electrons. The lowest BCUT2D eigenvalue weighted by Gasteiger charge is -2.33. The van der Waals surface area contributed by atoms with Gasteiger partial charge in [-0.05, 0) is 42.0 Å². The maximum absolute atomic E-state index is 13.3. The van der Waals surface area contributed by atoms with Crippen molar-refractivity contribution in [3.63, 3.8) is 0 Å². The van der Waals surface area contributed by atoms with Gasteiger partial charge in [0.2, 0.25) is 5.91 Å². The van der Waals surface area contributed by atoms with Gasteiger partial charge in [-0.15, -0.1) is 11.8 Å². The van der Waals surface area contributed by atoms with Crippen LogP contribution in [0, 0.1) is 5.82 Å². The van der Waals surface area contributed by atoms with Crippen molar-refractivity contribution in [1.29, 1.82) is 0 Å². The van der Waals surface area contributed by atoms with E-state index in [-0.39, 0.29) is 22.8 Å². The zero-order chi connectivity index (χ0) is 22.2. The highest BCUT2D eigenvalue weighted by atomic mass is 35.5. The quantitative estimate of drug-likeness (QED) is 0.475. The molecule has 0 aromatic heterocycles. The smallest absolute Gasteiger partial charge is 0.337 e. The van der Waals surface area contributed by atoms with E-state index in [1.807, 2.05) is 0 Å². The van der Waals surface area contributed by atoms with Gasteiger partial charge in [0, 0.05) is 31.1 Å². The number of rotatable bonds is 8. The summed E-state index contributed by atoms with van der Waals surface area (Å²) in [4.78, 5) is 26.7. The first-order valence-corrected chi connectivity index (χ1v) is 11.2. The van der Waals surface area contributed by atoms with E-state index >= 15 is 0 Å². The molecule has 6 nitrogen and oxygen atoms in total. The number of ether oxygens (including phenoxy) is 2. The van der Waals surface area contributed by atoms with E-state index in [9.17, 15) is 14.0 Å². The lowest BCUT2D eigenvalue weighted by atomic mass is 10.2. The van der Waals surface area contributed by atoms with E-state index in [1.165, 1.54) is 24.9 Å². The van der Waals surface area contributed by atoms with Crippen LogP contribution in [-0.2, 0) is 20.8 Å². The van der Waals surface area contributed by atoms with Gasteiger partial charge in [0.05, 0.1) is 36.2 Å². The molecule has 0 radical (unpaired) electrons. The molecule has 1 fully saturated rings. The van der Waals surface area contributed by atoms with Crippen molar-refractivity contribution < 1.29 is 23.5 Å². The fourth-order valence-electron chi connectivity index (χ4n) is 3.18. The molecule has 0 spiro atoms. The van der Waals surface area contributed by atoms with Gasteiger partial charge in [0.1, 0.15) is 5.82 Å². The lowest BCUT2D eigenvalue weighted by Crippen LogP contribution is -2.47. The molecular formula is C22H24ClFN2O4S. The Morgan fingerprint density at radius 3 is 2.77 bits per heavy atom. The van der Waals surface area contributed by atoms with Gasteiger partial charge in [-0.3, -0.25) is 9.69 Å². The number of nitrogens with one attached hydrogen (secondary N) is 1. The summed E-state index contributed by atoms with van der Waals surface area (Å²) in [5, 5.41) is 3.02. The van der Waals surface area contributed by atoms with Crippen LogP contribution in [0.1, 0.15) is 15.9 Å². The number of thioether (sulfide) groups is 1. The molecule has 1 saturated heterocycles. The molecule has 1 aliphatic rings. The molecule has 0 saturated carbocycles. The Bertz CT molecular complexity index is 913. The van der Waals surface area contributed by atoms with Crippen molar-refractivity contribution in [2.24, 2.45) is 0 Å². The number of hydrogen-bond donors (Lipinski definition) is 1. The molecule has 1 aliphatic heterocycles. The first-order valence-electron chi connectivity index (χ1n) is 9.80. The van der Waals surface area contributed by atoms with Gasteiger partial charge in [0.25, 0.3) is 0 Å². The van der Waals surface area contributed by atoms with Crippen LogP contribution in [0.2, 0.25) is 5.02 Å².